The summed E-state index contributed by atoms with van der Waals surface area (Å²) in [6.07, 6.45) is 0.0654. The van der Waals surface area contributed by atoms with Crippen LogP contribution in [0.1, 0.15) is 6.42 Å². The second-order valence-electron chi connectivity index (χ2n) is 3.88. The van der Waals surface area contributed by atoms with Crippen LogP contribution in [0, 0.1) is 0 Å². The fourth-order valence-electron chi connectivity index (χ4n) is 1.62. The summed E-state index contributed by atoms with van der Waals surface area (Å²) in [6.45, 7) is 0. The van der Waals surface area contributed by atoms with Crippen LogP contribution in [0.25, 0.3) is 0 Å². The third-order valence-corrected chi connectivity index (χ3v) is 3.24. The number of likely N-dealkylation sites (N-methyl/N-ethyl adjacent to an activating group) is 1. The van der Waals surface area contributed by atoms with Crippen LogP contribution in [0.4, 0.5) is 11.6 Å². The average Bonchev–Trinajstić information content (AvgIpc) is 2.54. The number of carbonyl (C=O) groups is 2. The second-order valence-corrected chi connectivity index (χ2v) is 4.69. The van der Waals surface area contributed by atoms with Crippen LogP contribution in [-0.4, -0.2) is 34.8 Å². The van der Waals surface area contributed by atoms with Gasteiger partial charge in [0.1, 0.15) is 17.7 Å². The van der Waals surface area contributed by atoms with Gasteiger partial charge in [0, 0.05) is 7.05 Å². The Morgan fingerprint density at radius 3 is 2.67 bits per heavy atom. The highest BCUT2D eigenvalue weighted by Crippen LogP contribution is 2.28. The Kier molecular flexibility index (Phi) is 3.32. The van der Waals surface area contributed by atoms with Crippen molar-refractivity contribution in [2.75, 3.05) is 18.1 Å². The smallest absolute Gasteiger partial charge is 0.251 e. The van der Waals surface area contributed by atoms with E-state index in [4.69, 9.17) is 28.9 Å². The van der Waals surface area contributed by atoms with Crippen LogP contribution in [0.3, 0.4) is 0 Å². The van der Waals surface area contributed by atoms with E-state index in [9.17, 15) is 9.59 Å². The van der Waals surface area contributed by atoms with Crippen molar-refractivity contribution in [1.29, 1.82) is 0 Å². The molecule has 1 unspecified atom stereocenters. The fourth-order valence-corrected chi connectivity index (χ4v) is 2.03. The Morgan fingerprint density at radius 2 is 2.11 bits per heavy atom. The monoisotopic (exact) mass is 288 g/mol. The number of halogens is 2. The fraction of sp³-hybridized carbons (Fsp3) is 0.300. The number of nitrogens with one attached hydrogen (secondary N) is 1. The van der Waals surface area contributed by atoms with Crippen molar-refractivity contribution in [3.63, 3.8) is 0 Å². The number of carbonyl (C=O) groups excluding carboxylic acids is 2. The molecule has 2 heterocycles. The Hall–Kier alpha value is -1.53. The standard InChI is InChI=1S/C10H10Cl2N4O2/c1-16-7(17)3-6(10(16)18)14-9-5(12)2-4(11)8(13)15-9/h2,6H,3H2,1H3,(H3,13,14,15). The van der Waals surface area contributed by atoms with Gasteiger partial charge >= 0.3 is 0 Å². The number of rotatable bonds is 2. The highest BCUT2D eigenvalue weighted by atomic mass is 35.5. The molecule has 1 saturated heterocycles. The zero-order chi connectivity index (χ0) is 13.4. The van der Waals surface area contributed by atoms with Crippen molar-refractivity contribution in [1.82, 2.24) is 9.88 Å². The maximum Gasteiger partial charge on any atom is 0.251 e. The van der Waals surface area contributed by atoms with Gasteiger partial charge in [0.25, 0.3) is 5.91 Å². The normalized spacial score (nSPS) is 19.5. The molecule has 0 bridgehead atoms. The van der Waals surface area contributed by atoms with Crippen molar-refractivity contribution in [3.8, 4) is 0 Å². The zero-order valence-electron chi connectivity index (χ0n) is 9.41. The predicted molar refractivity (Wildman–Crippen MR) is 68.5 cm³/mol. The number of imide groups is 1. The number of nitrogens with two attached hydrogens (primary N) is 1. The Balaban J connectivity index is 2.23. The van der Waals surface area contributed by atoms with Gasteiger partial charge in [-0.1, -0.05) is 23.2 Å². The summed E-state index contributed by atoms with van der Waals surface area (Å²) in [6, 6.07) is 0.756. The van der Waals surface area contributed by atoms with Crippen LogP contribution in [0.15, 0.2) is 6.07 Å². The summed E-state index contributed by atoms with van der Waals surface area (Å²) in [5.41, 5.74) is 5.55. The third kappa shape index (κ3) is 2.21. The molecule has 1 aliphatic rings. The Labute approximate surface area is 113 Å². The van der Waals surface area contributed by atoms with Crippen LogP contribution in [-0.2, 0) is 9.59 Å². The molecule has 0 aliphatic carbocycles. The molecule has 18 heavy (non-hydrogen) atoms. The van der Waals surface area contributed by atoms with E-state index in [2.05, 4.69) is 10.3 Å². The van der Waals surface area contributed by atoms with E-state index in [1.165, 1.54) is 13.1 Å². The van der Waals surface area contributed by atoms with E-state index in [1.807, 2.05) is 0 Å². The van der Waals surface area contributed by atoms with Crippen LogP contribution < -0.4 is 11.1 Å². The lowest BCUT2D eigenvalue weighted by Crippen LogP contribution is -2.32. The lowest BCUT2D eigenvalue weighted by Gasteiger charge is -2.13. The lowest BCUT2D eigenvalue weighted by atomic mass is 10.2. The quantitative estimate of drug-likeness (QED) is 0.797. The molecule has 96 valence electrons. The first kappa shape index (κ1) is 12.9. The average molecular weight is 289 g/mol. The van der Waals surface area contributed by atoms with Gasteiger partial charge in [0.05, 0.1) is 16.5 Å². The summed E-state index contributed by atoms with van der Waals surface area (Å²) in [7, 11) is 1.43. The lowest BCUT2D eigenvalue weighted by molar-refractivity contribution is -0.136. The molecule has 6 nitrogen and oxygen atoms in total. The van der Waals surface area contributed by atoms with Gasteiger partial charge in [-0.25, -0.2) is 4.98 Å². The minimum absolute atomic E-state index is 0.0654. The predicted octanol–water partition coefficient (Wildman–Crippen LogP) is 1.14. The summed E-state index contributed by atoms with van der Waals surface area (Å²) >= 11 is 11.7. The highest BCUT2D eigenvalue weighted by Gasteiger charge is 2.36. The SMILES string of the molecule is CN1C(=O)CC(Nc2nc(N)c(Cl)cc2Cl)C1=O. The zero-order valence-corrected chi connectivity index (χ0v) is 10.9. The molecule has 1 atom stereocenters. The first-order valence-electron chi connectivity index (χ1n) is 5.08. The van der Waals surface area contributed by atoms with Crippen molar-refractivity contribution >= 4 is 46.7 Å². The van der Waals surface area contributed by atoms with Crippen molar-refractivity contribution in [2.24, 2.45) is 0 Å². The number of anilines is 2. The molecule has 1 aromatic rings. The van der Waals surface area contributed by atoms with Crippen molar-refractivity contribution in [3.05, 3.63) is 16.1 Å². The molecule has 3 N–H and O–H groups in total. The summed E-state index contributed by atoms with van der Waals surface area (Å²) < 4.78 is 0. The van der Waals surface area contributed by atoms with E-state index in [-0.39, 0.29) is 39.9 Å². The summed E-state index contributed by atoms with van der Waals surface area (Å²) in [4.78, 5) is 28.1. The van der Waals surface area contributed by atoms with Gasteiger partial charge in [0.2, 0.25) is 5.91 Å². The van der Waals surface area contributed by atoms with E-state index < -0.39 is 6.04 Å². The summed E-state index contributed by atoms with van der Waals surface area (Å²) in [5.74, 6) is -0.240. The minimum atomic E-state index is -0.673. The van der Waals surface area contributed by atoms with Gasteiger partial charge < -0.3 is 11.1 Å². The molecule has 2 amide bonds. The first-order valence-corrected chi connectivity index (χ1v) is 5.84. The molecular weight excluding hydrogens is 279 g/mol. The molecule has 1 fully saturated rings. The molecule has 0 aromatic carbocycles. The molecule has 2 rings (SSSR count). The van der Waals surface area contributed by atoms with E-state index >= 15 is 0 Å². The third-order valence-electron chi connectivity index (χ3n) is 2.65. The van der Waals surface area contributed by atoms with E-state index in [0.717, 1.165) is 4.90 Å². The topological polar surface area (TPSA) is 88.3 Å². The number of aromatic nitrogens is 1. The second kappa shape index (κ2) is 4.62. The van der Waals surface area contributed by atoms with Gasteiger partial charge in [-0.15, -0.1) is 0 Å². The molecule has 1 aliphatic heterocycles. The minimum Gasteiger partial charge on any atom is -0.382 e. The Morgan fingerprint density at radius 1 is 1.44 bits per heavy atom. The van der Waals surface area contributed by atoms with Crippen LogP contribution >= 0.6 is 23.2 Å². The number of pyridine rings is 1. The summed E-state index contributed by atoms with van der Waals surface area (Å²) in [5, 5.41) is 3.27. The molecule has 0 saturated carbocycles. The number of nitrogens with zero attached hydrogens (tertiary/aromatic N) is 2. The Bertz CT molecular complexity index is 535. The maximum atomic E-state index is 11.7. The van der Waals surface area contributed by atoms with Crippen LogP contribution in [0.2, 0.25) is 10.0 Å². The maximum absolute atomic E-state index is 11.7. The van der Waals surface area contributed by atoms with Gasteiger partial charge in [-0.3, -0.25) is 14.5 Å². The molecule has 0 radical (unpaired) electrons. The van der Waals surface area contributed by atoms with Gasteiger partial charge in [-0.2, -0.15) is 0 Å². The van der Waals surface area contributed by atoms with Gasteiger partial charge in [0.15, 0.2) is 0 Å². The van der Waals surface area contributed by atoms with Crippen molar-refractivity contribution < 1.29 is 9.59 Å². The van der Waals surface area contributed by atoms with Gasteiger partial charge in [-0.05, 0) is 6.07 Å². The first-order chi connectivity index (χ1) is 8.40. The molecule has 0 spiro atoms. The number of nitrogen functional groups attached to an aromatic ring is 1. The number of hydrogen-bond donors (Lipinski definition) is 2. The molecular formula is C10H10Cl2N4O2. The number of amides is 2. The molecule has 8 heteroatoms. The largest absolute Gasteiger partial charge is 0.382 e. The highest BCUT2D eigenvalue weighted by molar-refractivity contribution is 6.37. The number of hydrogen-bond acceptors (Lipinski definition) is 5. The van der Waals surface area contributed by atoms with E-state index in [1.54, 1.807) is 0 Å². The van der Waals surface area contributed by atoms with Crippen LogP contribution in [0.5, 0.6) is 0 Å². The molecule has 1 aromatic heterocycles. The van der Waals surface area contributed by atoms with Crippen molar-refractivity contribution in [2.45, 2.75) is 12.5 Å². The van der Waals surface area contributed by atoms with E-state index in [0.29, 0.717) is 0 Å². The number of likely N-dealkylation sites (tertiary alicyclic amines) is 1.